The smallest absolute Gasteiger partial charge is 0.332 e. The van der Waals surface area contributed by atoms with Gasteiger partial charge in [0.1, 0.15) is 6.10 Å². The molecule has 2 saturated heterocycles. The number of aliphatic carboxylic acids is 1. The normalized spacial score (nSPS) is 32.1. The maximum atomic E-state index is 12.6. The highest BCUT2D eigenvalue weighted by Crippen LogP contribution is 2.24. The average molecular weight is 284 g/mol. The minimum Gasteiger partial charge on any atom is -0.479 e. The van der Waals surface area contributed by atoms with Crippen molar-refractivity contribution in [3.63, 3.8) is 0 Å². The third-order valence-corrected chi connectivity index (χ3v) is 4.23. The van der Waals surface area contributed by atoms with Gasteiger partial charge in [-0.2, -0.15) is 0 Å². The first-order valence-electron chi connectivity index (χ1n) is 7.40. The van der Waals surface area contributed by atoms with Crippen molar-refractivity contribution in [3.8, 4) is 0 Å². The summed E-state index contributed by atoms with van der Waals surface area (Å²) in [7, 11) is 2.07. The van der Waals surface area contributed by atoms with Crippen LogP contribution in [0.25, 0.3) is 0 Å². The van der Waals surface area contributed by atoms with Crippen molar-refractivity contribution >= 4 is 11.9 Å². The topological polar surface area (TPSA) is 70.1 Å². The van der Waals surface area contributed by atoms with Crippen LogP contribution < -0.4 is 0 Å². The van der Waals surface area contributed by atoms with Crippen LogP contribution in [0.15, 0.2) is 0 Å². The number of carbonyl (C=O) groups is 2. The molecule has 1 N–H and O–H groups in total. The Morgan fingerprint density at radius 2 is 1.95 bits per heavy atom. The summed E-state index contributed by atoms with van der Waals surface area (Å²) in [5.41, 5.74) is 0. The third kappa shape index (κ3) is 3.30. The van der Waals surface area contributed by atoms with Crippen LogP contribution in [0.4, 0.5) is 0 Å². The van der Waals surface area contributed by atoms with E-state index in [2.05, 4.69) is 18.9 Å². The van der Waals surface area contributed by atoms with Gasteiger partial charge in [0, 0.05) is 19.1 Å². The molecule has 0 aromatic heterocycles. The summed E-state index contributed by atoms with van der Waals surface area (Å²) in [6, 6.07) is 0.197. The van der Waals surface area contributed by atoms with Crippen LogP contribution in [-0.4, -0.2) is 71.7 Å². The Morgan fingerprint density at radius 3 is 2.55 bits per heavy atom. The van der Waals surface area contributed by atoms with E-state index in [1.165, 1.54) is 0 Å². The van der Waals surface area contributed by atoms with Gasteiger partial charge in [-0.05, 0) is 39.3 Å². The van der Waals surface area contributed by atoms with Crippen molar-refractivity contribution in [1.82, 2.24) is 9.80 Å². The molecule has 114 valence electrons. The van der Waals surface area contributed by atoms with Gasteiger partial charge < -0.3 is 19.6 Å². The molecule has 20 heavy (non-hydrogen) atoms. The van der Waals surface area contributed by atoms with E-state index < -0.39 is 18.2 Å². The van der Waals surface area contributed by atoms with Crippen molar-refractivity contribution in [3.05, 3.63) is 0 Å². The molecule has 0 aromatic rings. The Bertz CT molecular complexity index is 374. The number of carboxylic acids is 1. The van der Waals surface area contributed by atoms with Crippen LogP contribution >= 0.6 is 0 Å². The Balaban J connectivity index is 2.01. The summed E-state index contributed by atoms with van der Waals surface area (Å²) in [6.07, 6.45) is 1.40. The van der Waals surface area contributed by atoms with E-state index in [-0.39, 0.29) is 11.9 Å². The molecule has 1 unspecified atom stereocenters. The molecule has 2 aliphatic rings. The molecule has 2 aliphatic heterocycles. The van der Waals surface area contributed by atoms with Crippen molar-refractivity contribution in [1.29, 1.82) is 0 Å². The number of hydrogen-bond acceptors (Lipinski definition) is 4. The number of carboxylic acid groups (broad SMARTS) is 1. The summed E-state index contributed by atoms with van der Waals surface area (Å²) in [5, 5.41) is 8.94. The molecule has 0 radical (unpaired) electrons. The zero-order valence-electron chi connectivity index (χ0n) is 12.2. The molecule has 0 aromatic carbocycles. The molecular formula is C14H24N2O4. The highest BCUT2D eigenvalue weighted by molar-refractivity contribution is 5.83. The van der Waals surface area contributed by atoms with Gasteiger partial charge in [-0.1, -0.05) is 6.92 Å². The largest absolute Gasteiger partial charge is 0.479 e. The average Bonchev–Trinajstić information content (AvgIpc) is 2.83. The van der Waals surface area contributed by atoms with Gasteiger partial charge in [-0.15, -0.1) is 0 Å². The van der Waals surface area contributed by atoms with E-state index in [1.807, 2.05) is 4.90 Å². The molecule has 2 fully saturated rings. The molecule has 6 nitrogen and oxygen atoms in total. The predicted molar refractivity (Wildman–Crippen MR) is 73.4 cm³/mol. The highest BCUT2D eigenvalue weighted by atomic mass is 16.5. The molecule has 0 saturated carbocycles. The van der Waals surface area contributed by atoms with Crippen LogP contribution in [0.1, 0.15) is 32.6 Å². The second-order valence-electron chi connectivity index (χ2n) is 5.74. The zero-order chi connectivity index (χ0) is 14.7. The fourth-order valence-electron chi connectivity index (χ4n) is 3.07. The van der Waals surface area contributed by atoms with Crippen LogP contribution in [0.3, 0.4) is 0 Å². The number of nitrogens with zero attached hydrogens (tertiary/aromatic N) is 2. The van der Waals surface area contributed by atoms with Gasteiger partial charge in [0.05, 0.1) is 0 Å². The maximum absolute atomic E-state index is 12.6. The molecule has 6 heteroatoms. The van der Waals surface area contributed by atoms with Gasteiger partial charge in [0.25, 0.3) is 5.91 Å². The Morgan fingerprint density at radius 1 is 1.25 bits per heavy atom. The first-order valence-corrected chi connectivity index (χ1v) is 7.40. The second kappa shape index (κ2) is 6.54. The second-order valence-corrected chi connectivity index (χ2v) is 5.74. The van der Waals surface area contributed by atoms with E-state index in [9.17, 15) is 9.59 Å². The molecule has 3 atom stereocenters. The third-order valence-electron chi connectivity index (χ3n) is 4.23. The summed E-state index contributed by atoms with van der Waals surface area (Å²) < 4.78 is 5.39. The van der Waals surface area contributed by atoms with Crippen molar-refractivity contribution in [2.75, 3.05) is 26.7 Å². The van der Waals surface area contributed by atoms with Gasteiger partial charge in [-0.3, -0.25) is 4.79 Å². The van der Waals surface area contributed by atoms with E-state index in [0.717, 1.165) is 32.5 Å². The summed E-state index contributed by atoms with van der Waals surface area (Å²) in [6.45, 7) is 4.68. The minimum atomic E-state index is -0.969. The lowest BCUT2D eigenvalue weighted by atomic mass is 10.1. The Kier molecular flexibility index (Phi) is 4.99. The Labute approximate surface area is 119 Å². The van der Waals surface area contributed by atoms with Gasteiger partial charge in [0.15, 0.2) is 6.10 Å². The van der Waals surface area contributed by atoms with E-state index in [0.29, 0.717) is 12.8 Å². The fourth-order valence-corrected chi connectivity index (χ4v) is 3.07. The van der Waals surface area contributed by atoms with Gasteiger partial charge in [0.2, 0.25) is 0 Å². The Hall–Kier alpha value is -1.14. The molecule has 2 heterocycles. The van der Waals surface area contributed by atoms with E-state index >= 15 is 0 Å². The summed E-state index contributed by atoms with van der Waals surface area (Å²) in [4.78, 5) is 27.6. The maximum Gasteiger partial charge on any atom is 0.332 e. The van der Waals surface area contributed by atoms with E-state index in [4.69, 9.17) is 9.84 Å². The molecule has 0 bridgehead atoms. The van der Waals surface area contributed by atoms with Gasteiger partial charge in [-0.25, -0.2) is 4.79 Å². The first kappa shape index (κ1) is 15.3. The molecular weight excluding hydrogens is 260 g/mol. The zero-order valence-corrected chi connectivity index (χ0v) is 12.2. The number of rotatable bonds is 3. The number of hydrogen-bond donors (Lipinski definition) is 1. The summed E-state index contributed by atoms with van der Waals surface area (Å²) in [5.74, 6) is -1.00. The quantitative estimate of drug-likeness (QED) is 0.820. The lowest BCUT2D eigenvalue weighted by Gasteiger charge is -2.32. The lowest BCUT2D eigenvalue weighted by Crippen LogP contribution is -2.48. The van der Waals surface area contributed by atoms with Gasteiger partial charge >= 0.3 is 5.97 Å². The standard InChI is InChI=1S/C14H24N2O4/c1-3-10-9-15(2)7-4-8-16(10)13(17)11-5-6-12(20-11)14(18)19/h10-12H,3-9H2,1-2H3,(H,18,19)/t10?,11-,12+/m0/s1. The number of amides is 1. The molecule has 0 spiro atoms. The highest BCUT2D eigenvalue weighted by Gasteiger charge is 2.38. The monoisotopic (exact) mass is 284 g/mol. The minimum absolute atomic E-state index is 0.0316. The lowest BCUT2D eigenvalue weighted by molar-refractivity contribution is -0.155. The van der Waals surface area contributed by atoms with Crippen molar-refractivity contribution < 1.29 is 19.4 Å². The number of ether oxygens (including phenoxy) is 1. The summed E-state index contributed by atoms with van der Waals surface area (Å²) >= 11 is 0. The molecule has 1 amide bonds. The number of carbonyl (C=O) groups excluding carboxylic acids is 1. The predicted octanol–water partition coefficient (Wildman–Crippen LogP) is 0.561. The SMILES string of the molecule is CCC1CN(C)CCCN1C(=O)[C@@H]1CC[C@H](C(=O)O)O1. The number of likely N-dealkylation sites (N-methyl/N-ethyl adjacent to an activating group) is 1. The van der Waals surface area contributed by atoms with Crippen LogP contribution in [-0.2, 0) is 14.3 Å². The molecule has 0 aliphatic carbocycles. The first-order chi connectivity index (χ1) is 9.52. The van der Waals surface area contributed by atoms with E-state index in [1.54, 1.807) is 0 Å². The van der Waals surface area contributed by atoms with Crippen LogP contribution in [0.2, 0.25) is 0 Å². The fraction of sp³-hybridized carbons (Fsp3) is 0.857. The van der Waals surface area contributed by atoms with Crippen molar-refractivity contribution in [2.24, 2.45) is 0 Å². The van der Waals surface area contributed by atoms with Crippen LogP contribution in [0, 0.1) is 0 Å². The molecule has 2 rings (SSSR count). The van der Waals surface area contributed by atoms with Crippen LogP contribution in [0.5, 0.6) is 0 Å². The van der Waals surface area contributed by atoms with Crippen molar-refractivity contribution in [2.45, 2.75) is 50.9 Å².